The molecule has 0 spiro atoms. The third-order valence-electron chi connectivity index (χ3n) is 2.99. The molecule has 0 saturated heterocycles. The first-order valence-electron chi connectivity index (χ1n) is 6.43. The van der Waals surface area contributed by atoms with E-state index in [1.54, 1.807) is 16.9 Å². The molecule has 14 heteroatoms. The van der Waals surface area contributed by atoms with Crippen molar-refractivity contribution in [2.45, 2.75) is 0 Å². The third-order valence-corrected chi connectivity index (χ3v) is 2.99. The first kappa shape index (κ1) is 18.2. The molecule has 0 unspecified atom stereocenters. The Morgan fingerprint density at radius 3 is 2.29 bits per heavy atom. The summed E-state index contributed by atoms with van der Waals surface area (Å²) in [6.45, 7) is 1.85. The summed E-state index contributed by atoms with van der Waals surface area (Å²) in [7, 11) is -6.69. The van der Waals surface area contributed by atoms with Crippen LogP contribution in [0.25, 0.3) is 11.2 Å². The van der Waals surface area contributed by atoms with Gasteiger partial charge < -0.3 is 5.21 Å². The average molecular weight is 378 g/mol. The number of aromatic nitrogens is 4. The van der Waals surface area contributed by atoms with Gasteiger partial charge in [-0.3, -0.25) is 9.48 Å². The molecule has 0 atom stereocenters. The quantitative estimate of drug-likeness (QED) is 0.305. The van der Waals surface area contributed by atoms with Gasteiger partial charge in [0.15, 0.2) is 0 Å². The Balaban J connectivity index is 0.000000256. The number of halogens is 6. The fraction of sp³-hybridized carbons (Fsp3) is 0.400. The predicted molar refractivity (Wildman–Crippen MR) is 74.1 cm³/mol. The topological polar surface area (TPSA) is 63.9 Å². The van der Waals surface area contributed by atoms with E-state index in [1.807, 2.05) is 20.2 Å². The number of hydrogen-bond acceptors (Lipinski definition) is 4. The van der Waals surface area contributed by atoms with Crippen LogP contribution in [0.1, 0.15) is 0 Å². The van der Waals surface area contributed by atoms with Crippen molar-refractivity contribution < 1.29 is 34.6 Å². The van der Waals surface area contributed by atoms with Crippen LogP contribution < -0.4 is 4.85 Å². The van der Waals surface area contributed by atoms with Crippen LogP contribution in [-0.4, -0.2) is 57.5 Å². The van der Waals surface area contributed by atoms with E-state index in [1.165, 1.54) is 0 Å². The first-order valence-corrected chi connectivity index (χ1v) is 8.46. The van der Waals surface area contributed by atoms with E-state index in [2.05, 4.69) is 19.7 Å². The fourth-order valence-corrected chi connectivity index (χ4v) is 2.14. The second-order valence-electron chi connectivity index (χ2n) is 5.12. The fourth-order valence-electron chi connectivity index (χ4n) is 2.14. The van der Waals surface area contributed by atoms with Crippen molar-refractivity contribution in [3.8, 4) is 0 Å². The first-order chi connectivity index (χ1) is 10.6. The summed E-state index contributed by atoms with van der Waals surface area (Å²) in [5, 5.41) is 15.6. The predicted octanol–water partition coefficient (Wildman–Crippen LogP) is 2.24. The molecule has 136 valence electrons. The van der Waals surface area contributed by atoms with Gasteiger partial charge >= 0.3 is 44.6 Å². The molecule has 1 aliphatic rings. The van der Waals surface area contributed by atoms with Gasteiger partial charge in [0, 0.05) is 5.21 Å². The molecule has 0 N–H and O–H groups in total. The third kappa shape index (κ3) is 4.91. The van der Waals surface area contributed by atoms with Crippen molar-refractivity contribution in [3.05, 3.63) is 23.5 Å². The van der Waals surface area contributed by atoms with Crippen molar-refractivity contribution in [2.24, 2.45) is 0 Å². The number of hydrogen-bond donors (Lipinski definition) is 0. The van der Waals surface area contributed by atoms with Crippen LogP contribution in [0.2, 0.25) is 0 Å². The SMILES string of the molecule is CN1CC[N+](C)=C1n1n[n+]([O-])c2ncccc21.F[P-](F)(F)(F)(F)F. The second kappa shape index (κ2) is 4.91. The molecular formula is C10H13F6N6OP. The summed E-state index contributed by atoms with van der Waals surface area (Å²) in [4.78, 5) is 6.67. The van der Waals surface area contributed by atoms with Crippen molar-refractivity contribution in [3.63, 3.8) is 0 Å². The van der Waals surface area contributed by atoms with Crippen molar-refractivity contribution in [1.29, 1.82) is 0 Å². The van der Waals surface area contributed by atoms with Gasteiger partial charge in [-0.05, 0) is 12.1 Å². The van der Waals surface area contributed by atoms with Crippen LogP contribution in [-0.2, 0) is 0 Å². The summed E-state index contributed by atoms with van der Waals surface area (Å²) in [6, 6.07) is 3.65. The number of fused-ring (bicyclic) bond motifs is 1. The summed E-state index contributed by atoms with van der Waals surface area (Å²) in [6.07, 6.45) is 1.59. The molecule has 0 aliphatic carbocycles. The maximum atomic E-state index is 11.6. The van der Waals surface area contributed by atoms with Gasteiger partial charge in [0.05, 0.1) is 27.2 Å². The zero-order chi connectivity index (χ0) is 18.4. The molecule has 24 heavy (non-hydrogen) atoms. The van der Waals surface area contributed by atoms with Gasteiger partial charge in [0.1, 0.15) is 6.20 Å². The minimum atomic E-state index is -10.7. The maximum absolute atomic E-state index is 11.6. The molecule has 0 aromatic carbocycles. The van der Waals surface area contributed by atoms with Crippen LogP contribution >= 0.6 is 7.81 Å². The Bertz CT molecular complexity index is 805. The molecular weight excluding hydrogens is 365 g/mol. The van der Waals surface area contributed by atoms with Crippen LogP contribution in [0.5, 0.6) is 0 Å². The summed E-state index contributed by atoms with van der Waals surface area (Å²) < 4.78 is 62.9. The number of nitrogens with zero attached hydrogens (tertiary/aromatic N) is 6. The monoisotopic (exact) mass is 378 g/mol. The van der Waals surface area contributed by atoms with E-state index in [9.17, 15) is 30.4 Å². The second-order valence-corrected chi connectivity index (χ2v) is 7.04. The molecule has 2 aromatic rings. The van der Waals surface area contributed by atoms with Gasteiger partial charge in [0.25, 0.3) is 0 Å². The van der Waals surface area contributed by atoms with Crippen LogP contribution in [0, 0.1) is 5.21 Å². The standard InChI is InChI=1S/C10H13N6O.F6P/c1-13-6-7-14(2)10(13)15-8-4-3-5-11-9(8)16(17)12-15;1-7(2,3,4,5)6/h3-5H,6-7H2,1-2H3;/q+1;-1. The van der Waals surface area contributed by atoms with Crippen LogP contribution in [0.3, 0.4) is 0 Å². The van der Waals surface area contributed by atoms with E-state index in [-0.39, 0.29) is 0 Å². The van der Waals surface area contributed by atoms with E-state index in [4.69, 9.17) is 0 Å². The summed E-state index contributed by atoms with van der Waals surface area (Å²) in [5.74, 6) is 0.901. The Morgan fingerprint density at radius 1 is 1.21 bits per heavy atom. The molecule has 2 aromatic heterocycles. The molecule has 0 bridgehead atoms. The van der Waals surface area contributed by atoms with E-state index < -0.39 is 7.81 Å². The number of pyridine rings is 1. The Morgan fingerprint density at radius 2 is 1.79 bits per heavy atom. The van der Waals surface area contributed by atoms with Gasteiger partial charge in [-0.1, -0.05) is 4.68 Å². The van der Waals surface area contributed by atoms with Gasteiger partial charge in [-0.2, -0.15) is 0 Å². The molecule has 0 amide bonds. The van der Waals surface area contributed by atoms with Crippen molar-refractivity contribution >= 4 is 24.9 Å². The van der Waals surface area contributed by atoms with Crippen LogP contribution in [0.4, 0.5) is 25.2 Å². The molecule has 1 aliphatic heterocycles. The molecule has 3 rings (SSSR count). The normalized spacial score (nSPS) is 18.2. The van der Waals surface area contributed by atoms with Crippen molar-refractivity contribution in [1.82, 2.24) is 19.8 Å². The Kier molecular flexibility index (Phi) is 3.72. The average Bonchev–Trinajstić information content (AvgIpc) is 2.88. The molecule has 0 fully saturated rings. The van der Waals surface area contributed by atoms with E-state index in [0.717, 1.165) is 24.6 Å². The van der Waals surface area contributed by atoms with Gasteiger partial charge in [0.2, 0.25) is 5.52 Å². The zero-order valence-corrected chi connectivity index (χ0v) is 13.3. The Labute approximate surface area is 131 Å². The molecule has 0 saturated carbocycles. The van der Waals surface area contributed by atoms with E-state index in [0.29, 0.717) is 10.5 Å². The van der Waals surface area contributed by atoms with Crippen molar-refractivity contribution in [2.75, 3.05) is 27.2 Å². The zero-order valence-electron chi connectivity index (χ0n) is 12.5. The Hall–Kier alpha value is -2.17. The van der Waals surface area contributed by atoms with Gasteiger partial charge in [-0.15, -0.1) is 9.83 Å². The molecule has 7 nitrogen and oxygen atoms in total. The molecule has 0 radical (unpaired) electrons. The van der Waals surface area contributed by atoms with Gasteiger partial charge in [-0.25, -0.2) is 0 Å². The van der Waals surface area contributed by atoms with E-state index >= 15 is 0 Å². The summed E-state index contributed by atoms with van der Waals surface area (Å²) >= 11 is 0. The molecule has 3 heterocycles. The number of likely N-dealkylation sites (N-methyl/N-ethyl adjacent to an activating group) is 2. The minimum absolute atomic E-state index is 0.341. The summed E-state index contributed by atoms with van der Waals surface area (Å²) in [5.41, 5.74) is 1.06. The number of rotatable bonds is 0. The van der Waals surface area contributed by atoms with Crippen LogP contribution in [0.15, 0.2) is 18.3 Å².